The Labute approximate surface area is 164 Å². The van der Waals surface area contributed by atoms with Crippen LogP contribution in [0.5, 0.6) is 0 Å². The predicted molar refractivity (Wildman–Crippen MR) is 108 cm³/mol. The van der Waals surface area contributed by atoms with Gasteiger partial charge in [0, 0.05) is 35.3 Å². The van der Waals surface area contributed by atoms with Crippen LogP contribution in [-0.2, 0) is 6.54 Å². The third-order valence-corrected chi connectivity index (χ3v) is 6.65. The smallest absolute Gasteiger partial charge is 0.253 e. The van der Waals surface area contributed by atoms with E-state index in [4.69, 9.17) is 9.97 Å². The molecule has 0 radical (unpaired) electrons. The number of halogens is 1. The average Bonchev–Trinajstić information content (AvgIpc) is 3.42. The first-order chi connectivity index (χ1) is 13.8. The molecule has 1 aromatic carbocycles. The van der Waals surface area contributed by atoms with Gasteiger partial charge >= 0.3 is 0 Å². The lowest BCUT2D eigenvalue weighted by Crippen LogP contribution is -2.11. The van der Waals surface area contributed by atoms with E-state index in [2.05, 4.69) is 16.5 Å². The number of fused-ring (bicyclic) bond motifs is 6. The fraction of sp³-hybridized carbons (Fsp3) is 0.190. The summed E-state index contributed by atoms with van der Waals surface area (Å²) in [6.07, 6.45) is 8.26. The van der Waals surface area contributed by atoms with E-state index in [0.29, 0.717) is 18.4 Å². The normalized spacial score (nSPS) is 17.2. The zero-order valence-electron chi connectivity index (χ0n) is 14.9. The van der Waals surface area contributed by atoms with Gasteiger partial charge in [-0.05, 0) is 42.2 Å². The molecule has 1 atom stereocenters. The number of hydrogen-bond acceptors (Lipinski definition) is 5. The molecular weight excluding hydrogens is 373 g/mol. The zero-order chi connectivity index (χ0) is 18.7. The molecule has 5 nitrogen and oxygen atoms in total. The van der Waals surface area contributed by atoms with Gasteiger partial charge in [-0.15, -0.1) is 11.3 Å². The first-order valence-electron chi connectivity index (χ1n) is 9.31. The maximum Gasteiger partial charge on any atom is 0.253 e. The number of nitrogens with one attached hydrogen (secondary N) is 1. The lowest BCUT2D eigenvalue weighted by molar-refractivity contribution is 0.627. The molecule has 6 rings (SSSR count). The van der Waals surface area contributed by atoms with Crippen LogP contribution in [0.2, 0.25) is 0 Å². The Bertz CT molecular complexity index is 1220. The summed E-state index contributed by atoms with van der Waals surface area (Å²) in [5.74, 6) is 1.71. The summed E-state index contributed by atoms with van der Waals surface area (Å²) in [5, 5.41) is 8.84. The van der Waals surface area contributed by atoms with Crippen molar-refractivity contribution in [1.29, 1.82) is 0 Å². The molecule has 28 heavy (non-hydrogen) atoms. The first-order valence-corrected chi connectivity index (χ1v) is 10.1. The Kier molecular flexibility index (Phi) is 3.40. The highest BCUT2D eigenvalue weighted by Crippen LogP contribution is 2.59. The molecule has 0 fully saturated rings. The van der Waals surface area contributed by atoms with E-state index in [0.717, 1.165) is 28.0 Å². The van der Waals surface area contributed by atoms with Crippen LogP contribution in [0.1, 0.15) is 34.8 Å². The monoisotopic (exact) mass is 389 g/mol. The van der Waals surface area contributed by atoms with E-state index < -0.39 is 0 Å². The second-order valence-corrected chi connectivity index (χ2v) is 8.14. The van der Waals surface area contributed by atoms with E-state index in [1.54, 1.807) is 34.3 Å². The molecule has 0 spiro atoms. The van der Waals surface area contributed by atoms with Gasteiger partial charge in [0.05, 0.1) is 5.39 Å². The second kappa shape index (κ2) is 5.97. The van der Waals surface area contributed by atoms with Crippen molar-refractivity contribution >= 4 is 32.9 Å². The largest absolute Gasteiger partial charge is 0.365 e. The van der Waals surface area contributed by atoms with Crippen molar-refractivity contribution in [2.75, 3.05) is 5.32 Å². The molecule has 7 heteroatoms. The number of allylic oxidation sites excluding steroid dienone is 2. The van der Waals surface area contributed by atoms with Gasteiger partial charge in [0.1, 0.15) is 16.5 Å². The Hall–Kier alpha value is -3.06. The van der Waals surface area contributed by atoms with Crippen molar-refractivity contribution in [3.05, 3.63) is 70.6 Å². The zero-order valence-corrected chi connectivity index (χ0v) is 15.7. The molecule has 2 aliphatic carbocycles. The van der Waals surface area contributed by atoms with E-state index in [1.165, 1.54) is 34.6 Å². The second-order valence-electron chi connectivity index (χ2n) is 7.11. The highest BCUT2D eigenvalue weighted by Gasteiger charge is 2.39. The minimum atomic E-state index is -0.229. The number of thiophene rings is 1. The van der Waals surface area contributed by atoms with Crippen LogP contribution < -0.4 is 5.32 Å². The average molecular weight is 389 g/mol. The highest BCUT2D eigenvalue weighted by atomic mass is 32.1. The Morgan fingerprint density at radius 1 is 1.21 bits per heavy atom. The van der Waals surface area contributed by atoms with Crippen molar-refractivity contribution in [1.82, 2.24) is 19.7 Å². The molecule has 138 valence electrons. The van der Waals surface area contributed by atoms with Crippen molar-refractivity contribution in [3.8, 4) is 5.95 Å². The summed E-state index contributed by atoms with van der Waals surface area (Å²) in [6.45, 7) is 0.567. The van der Waals surface area contributed by atoms with Crippen LogP contribution in [0.15, 0.2) is 48.8 Å². The van der Waals surface area contributed by atoms with Gasteiger partial charge in [0.15, 0.2) is 0 Å². The summed E-state index contributed by atoms with van der Waals surface area (Å²) in [4.78, 5) is 12.0. The van der Waals surface area contributed by atoms with Crippen molar-refractivity contribution in [2.24, 2.45) is 0 Å². The van der Waals surface area contributed by atoms with E-state index in [9.17, 15) is 4.39 Å². The standard InChI is InChI=1S/C21H16FN5S/c22-13-7-5-12(6-8-13)11-23-19-17-16-14-3-1-4-15(14)18(16)28-20(17)26-21(25-19)27-10-2-9-24-27/h2-3,5-10,15H,1,4,11H2,(H,23,25,26). The maximum absolute atomic E-state index is 13.2. The molecule has 2 aliphatic rings. The molecule has 0 saturated carbocycles. The molecule has 0 amide bonds. The van der Waals surface area contributed by atoms with Crippen molar-refractivity contribution < 1.29 is 4.39 Å². The number of nitrogens with zero attached hydrogens (tertiary/aromatic N) is 4. The van der Waals surface area contributed by atoms with Crippen LogP contribution in [-0.4, -0.2) is 19.7 Å². The molecule has 4 aromatic rings. The minimum Gasteiger partial charge on any atom is -0.365 e. The number of aromatic nitrogens is 4. The van der Waals surface area contributed by atoms with Crippen LogP contribution in [0.4, 0.5) is 10.2 Å². The molecule has 3 heterocycles. The fourth-order valence-corrected chi connectivity index (χ4v) is 5.46. The molecule has 0 bridgehead atoms. The fourth-order valence-electron chi connectivity index (χ4n) is 4.12. The predicted octanol–water partition coefficient (Wildman–Crippen LogP) is 4.90. The van der Waals surface area contributed by atoms with Crippen molar-refractivity contribution in [2.45, 2.75) is 25.3 Å². The summed E-state index contributed by atoms with van der Waals surface area (Å²) >= 11 is 1.77. The quantitative estimate of drug-likeness (QED) is 0.539. The number of anilines is 1. The van der Waals surface area contributed by atoms with Crippen LogP contribution >= 0.6 is 11.3 Å². The highest BCUT2D eigenvalue weighted by molar-refractivity contribution is 7.19. The SMILES string of the molecule is Fc1ccc(CNc2nc(-n3cccn3)nc3sc4c(c23)C2=CCCC24)cc1. The lowest BCUT2D eigenvalue weighted by atomic mass is 9.80. The third-order valence-electron chi connectivity index (χ3n) is 5.45. The van der Waals surface area contributed by atoms with Gasteiger partial charge in [-0.25, -0.2) is 9.07 Å². The van der Waals surface area contributed by atoms with Crippen LogP contribution in [0.25, 0.3) is 21.7 Å². The van der Waals surface area contributed by atoms with E-state index in [-0.39, 0.29) is 5.82 Å². The first kappa shape index (κ1) is 15.9. The molecular formula is C21H16FN5S. The third kappa shape index (κ3) is 2.32. The van der Waals surface area contributed by atoms with E-state index >= 15 is 0 Å². The maximum atomic E-state index is 13.2. The Morgan fingerprint density at radius 2 is 2.11 bits per heavy atom. The Morgan fingerprint density at radius 3 is 2.93 bits per heavy atom. The van der Waals surface area contributed by atoms with Crippen LogP contribution in [0.3, 0.4) is 0 Å². The summed E-state index contributed by atoms with van der Waals surface area (Å²) in [5.41, 5.74) is 3.76. The van der Waals surface area contributed by atoms with Gasteiger partial charge in [0.2, 0.25) is 0 Å². The number of hydrogen-bond donors (Lipinski definition) is 1. The van der Waals surface area contributed by atoms with Crippen molar-refractivity contribution in [3.63, 3.8) is 0 Å². The van der Waals surface area contributed by atoms with E-state index in [1.807, 2.05) is 12.3 Å². The van der Waals surface area contributed by atoms with Gasteiger partial charge in [-0.1, -0.05) is 18.2 Å². The minimum absolute atomic E-state index is 0.229. The van der Waals surface area contributed by atoms with Gasteiger partial charge < -0.3 is 5.32 Å². The van der Waals surface area contributed by atoms with Gasteiger partial charge in [-0.2, -0.15) is 15.1 Å². The number of benzene rings is 1. The topological polar surface area (TPSA) is 55.6 Å². The lowest BCUT2D eigenvalue weighted by Gasteiger charge is -2.26. The Balaban J connectivity index is 1.47. The number of rotatable bonds is 4. The molecule has 3 aromatic heterocycles. The molecule has 0 aliphatic heterocycles. The van der Waals surface area contributed by atoms with Crippen LogP contribution in [0, 0.1) is 5.82 Å². The summed E-state index contributed by atoms with van der Waals surface area (Å²) in [7, 11) is 0. The van der Waals surface area contributed by atoms with Gasteiger partial charge in [-0.3, -0.25) is 0 Å². The summed E-state index contributed by atoms with van der Waals surface area (Å²) < 4.78 is 14.9. The summed E-state index contributed by atoms with van der Waals surface area (Å²) in [6, 6.07) is 8.39. The molecule has 1 unspecified atom stereocenters. The van der Waals surface area contributed by atoms with Gasteiger partial charge in [0.25, 0.3) is 5.95 Å². The molecule has 0 saturated heterocycles. The molecule has 1 N–H and O–H groups in total.